The van der Waals surface area contributed by atoms with Gasteiger partial charge in [0.05, 0.1) is 29.4 Å². The molecule has 4 aromatic rings. The summed E-state index contributed by atoms with van der Waals surface area (Å²) in [6, 6.07) is 6.02. The number of nitriles is 1. The van der Waals surface area contributed by atoms with Crippen LogP contribution in [0, 0.1) is 11.3 Å². The SMILES string of the molecule is COCCNc1nc(Nc2ccc(-c3cnn(C)c3)c3c2OCCO3)nc2[nH]cc(C#N)c12. The molecule has 0 bridgehead atoms. The zero-order chi connectivity index (χ0) is 22.8. The number of methoxy groups -OCH3 is 1. The Kier molecular flexibility index (Phi) is 5.42. The Bertz CT molecular complexity index is 1350. The molecule has 0 amide bonds. The monoisotopic (exact) mass is 446 g/mol. The second-order valence-electron chi connectivity index (χ2n) is 7.40. The molecule has 0 fully saturated rings. The van der Waals surface area contributed by atoms with Crippen molar-refractivity contribution in [3.8, 4) is 28.7 Å². The maximum absolute atomic E-state index is 9.45. The molecule has 1 aliphatic rings. The highest BCUT2D eigenvalue weighted by atomic mass is 16.6. The van der Waals surface area contributed by atoms with E-state index in [2.05, 4.69) is 36.8 Å². The third-order valence-corrected chi connectivity index (χ3v) is 5.20. The summed E-state index contributed by atoms with van der Waals surface area (Å²) in [6.45, 7) is 1.92. The lowest BCUT2D eigenvalue weighted by molar-refractivity contribution is 0.173. The van der Waals surface area contributed by atoms with Crippen LogP contribution in [0.3, 0.4) is 0 Å². The number of ether oxygens (including phenoxy) is 3. The van der Waals surface area contributed by atoms with Gasteiger partial charge in [0.15, 0.2) is 11.5 Å². The molecule has 3 N–H and O–H groups in total. The molecule has 11 heteroatoms. The van der Waals surface area contributed by atoms with Gasteiger partial charge >= 0.3 is 0 Å². The number of hydrogen-bond acceptors (Lipinski definition) is 9. The molecular formula is C22H22N8O3. The van der Waals surface area contributed by atoms with Gasteiger partial charge in [-0.3, -0.25) is 4.68 Å². The predicted octanol–water partition coefficient (Wildman–Crippen LogP) is 2.80. The van der Waals surface area contributed by atoms with E-state index in [1.165, 1.54) is 0 Å². The molecule has 0 unspecified atom stereocenters. The first-order chi connectivity index (χ1) is 16.2. The summed E-state index contributed by atoms with van der Waals surface area (Å²) in [7, 11) is 3.49. The second kappa shape index (κ2) is 8.68. The van der Waals surface area contributed by atoms with Crippen LogP contribution < -0.4 is 20.1 Å². The van der Waals surface area contributed by atoms with Crippen molar-refractivity contribution in [1.82, 2.24) is 24.7 Å². The van der Waals surface area contributed by atoms with E-state index in [-0.39, 0.29) is 0 Å². The first kappa shape index (κ1) is 20.6. The Morgan fingerprint density at radius 1 is 1.24 bits per heavy atom. The summed E-state index contributed by atoms with van der Waals surface area (Å²) < 4.78 is 18.8. The van der Waals surface area contributed by atoms with Crippen LogP contribution >= 0.6 is 0 Å². The molecule has 3 aromatic heterocycles. The van der Waals surface area contributed by atoms with Crippen molar-refractivity contribution in [3.63, 3.8) is 0 Å². The number of benzene rings is 1. The molecule has 33 heavy (non-hydrogen) atoms. The summed E-state index contributed by atoms with van der Waals surface area (Å²) in [5, 5.41) is 20.8. The minimum absolute atomic E-state index is 0.347. The molecule has 1 aliphatic heterocycles. The average molecular weight is 446 g/mol. The Balaban J connectivity index is 1.54. The van der Waals surface area contributed by atoms with Crippen LogP contribution in [0.5, 0.6) is 11.5 Å². The van der Waals surface area contributed by atoms with Gasteiger partial charge in [0.25, 0.3) is 0 Å². The van der Waals surface area contributed by atoms with Crippen LogP contribution in [0.15, 0.2) is 30.7 Å². The lowest BCUT2D eigenvalue weighted by Gasteiger charge is -2.23. The van der Waals surface area contributed by atoms with Gasteiger partial charge in [0.2, 0.25) is 5.95 Å². The van der Waals surface area contributed by atoms with Crippen molar-refractivity contribution in [2.45, 2.75) is 0 Å². The van der Waals surface area contributed by atoms with Gasteiger partial charge in [-0.2, -0.15) is 20.3 Å². The Hall–Kier alpha value is -4.30. The van der Waals surface area contributed by atoms with Crippen molar-refractivity contribution in [2.75, 3.05) is 44.1 Å². The predicted molar refractivity (Wildman–Crippen MR) is 122 cm³/mol. The molecule has 0 atom stereocenters. The number of rotatable bonds is 7. The fourth-order valence-corrected chi connectivity index (χ4v) is 3.72. The van der Waals surface area contributed by atoms with Gasteiger partial charge in [-0.15, -0.1) is 0 Å². The fourth-order valence-electron chi connectivity index (χ4n) is 3.72. The van der Waals surface area contributed by atoms with Gasteiger partial charge in [0, 0.05) is 44.2 Å². The number of hydrogen-bond donors (Lipinski definition) is 3. The minimum atomic E-state index is 0.347. The van der Waals surface area contributed by atoms with Crippen molar-refractivity contribution < 1.29 is 14.2 Å². The molecule has 0 saturated heterocycles. The molecule has 4 heterocycles. The van der Waals surface area contributed by atoms with Crippen LogP contribution in [0.1, 0.15) is 5.56 Å². The number of anilines is 3. The quantitative estimate of drug-likeness (QED) is 0.366. The third kappa shape index (κ3) is 3.88. The van der Waals surface area contributed by atoms with Gasteiger partial charge in [-0.25, -0.2) is 0 Å². The highest BCUT2D eigenvalue weighted by Gasteiger charge is 2.23. The van der Waals surface area contributed by atoms with Crippen molar-refractivity contribution in [3.05, 3.63) is 36.3 Å². The number of nitrogens with zero attached hydrogens (tertiary/aromatic N) is 5. The van der Waals surface area contributed by atoms with E-state index < -0.39 is 0 Å². The van der Waals surface area contributed by atoms with E-state index >= 15 is 0 Å². The summed E-state index contributed by atoms with van der Waals surface area (Å²) in [5.41, 5.74) is 3.51. The Morgan fingerprint density at radius 2 is 2.09 bits per heavy atom. The summed E-state index contributed by atoms with van der Waals surface area (Å²) >= 11 is 0. The molecular weight excluding hydrogens is 424 g/mol. The van der Waals surface area contributed by atoms with E-state index in [1.54, 1.807) is 24.2 Å². The van der Waals surface area contributed by atoms with E-state index in [1.807, 2.05) is 25.4 Å². The smallest absolute Gasteiger partial charge is 0.231 e. The van der Waals surface area contributed by atoms with Gasteiger partial charge in [-0.05, 0) is 12.1 Å². The first-order valence-electron chi connectivity index (χ1n) is 10.4. The van der Waals surface area contributed by atoms with E-state index in [4.69, 9.17) is 14.2 Å². The maximum atomic E-state index is 9.45. The molecule has 0 radical (unpaired) electrons. The Morgan fingerprint density at radius 3 is 2.85 bits per heavy atom. The summed E-state index contributed by atoms with van der Waals surface area (Å²) in [6.07, 6.45) is 5.33. The standard InChI is InChI=1S/C22H22N8O3/c1-30-12-14(11-26-30)15-3-4-16(19-18(15)32-7-8-33-19)27-22-28-20(24-5-6-31-2)17-13(9-23)10-25-21(17)29-22/h3-4,10-12H,5-8H2,1-2H3,(H3,24,25,27,28,29). The summed E-state index contributed by atoms with van der Waals surface area (Å²) in [4.78, 5) is 12.2. The van der Waals surface area contributed by atoms with E-state index in [9.17, 15) is 5.26 Å². The molecule has 5 rings (SSSR count). The van der Waals surface area contributed by atoms with Crippen LogP contribution in [0.2, 0.25) is 0 Å². The first-order valence-corrected chi connectivity index (χ1v) is 10.4. The molecule has 168 valence electrons. The van der Waals surface area contributed by atoms with Crippen LogP contribution in [0.4, 0.5) is 17.5 Å². The number of aryl methyl sites for hydroxylation is 1. The molecule has 0 spiro atoms. The number of aromatic nitrogens is 5. The van der Waals surface area contributed by atoms with Gasteiger partial charge in [0.1, 0.15) is 30.7 Å². The topological polar surface area (TPSA) is 135 Å². The van der Waals surface area contributed by atoms with Gasteiger partial charge < -0.3 is 29.8 Å². The third-order valence-electron chi connectivity index (χ3n) is 5.20. The number of aromatic amines is 1. The second-order valence-corrected chi connectivity index (χ2v) is 7.40. The maximum Gasteiger partial charge on any atom is 0.231 e. The highest BCUT2D eigenvalue weighted by Crippen LogP contribution is 2.45. The lowest BCUT2D eigenvalue weighted by Crippen LogP contribution is -2.17. The zero-order valence-corrected chi connectivity index (χ0v) is 18.2. The molecule has 0 saturated carbocycles. The largest absolute Gasteiger partial charge is 0.485 e. The van der Waals surface area contributed by atoms with Crippen molar-refractivity contribution in [2.24, 2.45) is 7.05 Å². The Labute approximate surface area is 189 Å². The average Bonchev–Trinajstić information content (AvgIpc) is 3.45. The van der Waals surface area contributed by atoms with Crippen LogP contribution in [-0.2, 0) is 11.8 Å². The molecule has 0 aliphatic carbocycles. The minimum Gasteiger partial charge on any atom is -0.485 e. The fraction of sp³-hybridized carbons (Fsp3) is 0.273. The lowest BCUT2D eigenvalue weighted by atomic mass is 10.1. The highest BCUT2D eigenvalue weighted by molar-refractivity contribution is 5.94. The van der Waals surface area contributed by atoms with Crippen molar-refractivity contribution in [1.29, 1.82) is 5.26 Å². The zero-order valence-electron chi connectivity index (χ0n) is 18.2. The number of H-pyrrole nitrogens is 1. The van der Waals surface area contributed by atoms with Crippen LogP contribution in [-0.4, -0.2) is 58.2 Å². The van der Waals surface area contributed by atoms with Gasteiger partial charge in [-0.1, -0.05) is 0 Å². The number of nitrogens with one attached hydrogen (secondary N) is 3. The van der Waals surface area contributed by atoms with E-state index in [0.717, 1.165) is 11.1 Å². The summed E-state index contributed by atoms with van der Waals surface area (Å²) in [5.74, 6) is 2.12. The molecule has 1 aromatic carbocycles. The van der Waals surface area contributed by atoms with Crippen molar-refractivity contribution >= 4 is 28.5 Å². The van der Waals surface area contributed by atoms with E-state index in [0.29, 0.717) is 71.9 Å². The number of fused-ring (bicyclic) bond motifs is 2. The normalized spacial score (nSPS) is 12.5. The van der Waals surface area contributed by atoms with Crippen LogP contribution in [0.25, 0.3) is 22.2 Å². The molecule has 11 nitrogen and oxygen atoms in total.